The number of carboxylic acids is 2. The minimum Gasteiger partial charge on any atom is -0.486 e. The minimum atomic E-state index is -1.82. The van der Waals surface area contributed by atoms with Gasteiger partial charge in [0, 0.05) is 55.2 Å². The maximum absolute atomic E-state index is 9.10. The quantitative estimate of drug-likeness (QED) is 0.474. The number of benzene rings is 2. The number of hydrogen-bond donors (Lipinski definition) is 3. The Morgan fingerprint density at radius 2 is 1.76 bits per heavy atom. The summed E-state index contributed by atoms with van der Waals surface area (Å²) in [4.78, 5) is 23.1. The smallest absolute Gasteiger partial charge is 0.414 e. The van der Waals surface area contributed by atoms with Gasteiger partial charge >= 0.3 is 11.9 Å². The Hall–Kier alpha value is -3.50. The van der Waals surface area contributed by atoms with E-state index in [0.29, 0.717) is 13.2 Å². The number of piperazine rings is 1. The van der Waals surface area contributed by atoms with E-state index in [4.69, 9.17) is 40.9 Å². The van der Waals surface area contributed by atoms with Gasteiger partial charge in [0.15, 0.2) is 11.5 Å². The summed E-state index contributed by atoms with van der Waals surface area (Å²) in [7, 11) is 0. The van der Waals surface area contributed by atoms with E-state index in [1.165, 1.54) is 5.69 Å². The largest absolute Gasteiger partial charge is 0.486 e. The molecule has 0 unspecified atom stereocenters. The normalized spacial score (nSPS) is 15.5. The van der Waals surface area contributed by atoms with E-state index in [1.807, 2.05) is 24.3 Å². The number of aromatic amines is 1. The number of nitrogens with zero attached hydrogens (tertiary/aromatic N) is 3. The molecule has 1 fully saturated rings. The number of aromatic nitrogens is 2. The predicted molar refractivity (Wildman–Crippen MR) is 126 cm³/mol. The maximum atomic E-state index is 9.10. The first-order valence-corrected chi connectivity index (χ1v) is 11.2. The topological polar surface area (TPSA) is 128 Å². The molecule has 0 aliphatic carbocycles. The molecule has 3 aromatic rings. The van der Waals surface area contributed by atoms with Crippen molar-refractivity contribution < 1.29 is 29.3 Å². The highest BCUT2D eigenvalue weighted by atomic mass is 35.5. The number of ether oxygens (including phenoxy) is 2. The Morgan fingerprint density at radius 3 is 2.50 bits per heavy atom. The van der Waals surface area contributed by atoms with Crippen LogP contribution in [-0.2, 0) is 16.0 Å². The summed E-state index contributed by atoms with van der Waals surface area (Å²) in [6.07, 6.45) is 0.954. The van der Waals surface area contributed by atoms with Gasteiger partial charge in [-0.1, -0.05) is 17.7 Å². The van der Waals surface area contributed by atoms with Crippen molar-refractivity contribution in [3.8, 4) is 11.5 Å². The third kappa shape index (κ3) is 5.52. The number of anilines is 1. The number of rotatable bonds is 4. The van der Waals surface area contributed by atoms with Crippen LogP contribution in [0.15, 0.2) is 36.4 Å². The van der Waals surface area contributed by atoms with Gasteiger partial charge in [-0.05, 0) is 30.3 Å². The molecule has 34 heavy (non-hydrogen) atoms. The first-order chi connectivity index (χ1) is 16.4. The lowest BCUT2D eigenvalue weighted by atomic mass is 10.1. The zero-order valence-electron chi connectivity index (χ0n) is 18.4. The molecular formula is C23H25ClN4O6. The molecule has 3 N–H and O–H groups in total. The van der Waals surface area contributed by atoms with Gasteiger partial charge in [0.2, 0.25) is 0 Å². The van der Waals surface area contributed by atoms with Gasteiger partial charge in [0.05, 0.1) is 11.2 Å². The van der Waals surface area contributed by atoms with Crippen LogP contribution < -0.4 is 14.4 Å². The highest BCUT2D eigenvalue weighted by Crippen LogP contribution is 2.39. The Balaban J connectivity index is 0.000000408. The lowest BCUT2D eigenvalue weighted by Crippen LogP contribution is -2.47. The van der Waals surface area contributed by atoms with Crippen molar-refractivity contribution in [2.24, 2.45) is 0 Å². The average molecular weight is 489 g/mol. The number of carbonyl (C=O) groups is 2. The maximum Gasteiger partial charge on any atom is 0.414 e. The summed E-state index contributed by atoms with van der Waals surface area (Å²) in [5.74, 6) is -1.90. The van der Waals surface area contributed by atoms with E-state index in [1.54, 1.807) is 0 Å². The van der Waals surface area contributed by atoms with E-state index in [9.17, 15) is 0 Å². The molecule has 180 valence electrons. The Bertz CT molecular complexity index is 1160. The van der Waals surface area contributed by atoms with Gasteiger partial charge in [-0.25, -0.2) is 9.59 Å². The number of H-pyrrole nitrogens is 1. The van der Waals surface area contributed by atoms with Crippen LogP contribution >= 0.6 is 11.6 Å². The Labute approximate surface area is 200 Å². The van der Waals surface area contributed by atoms with Gasteiger partial charge < -0.3 is 24.6 Å². The number of hydrogen-bond acceptors (Lipinski definition) is 7. The molecule has 0 saturated carbocycles. The van der Waals surface area contributed by atoms with Gasteiger partial charge in [-0.2, -0.15) is 5.10 Å². The van der Waals surface area contributed by atoms with E-state index in [-0.39, 0.29) is 0 Å². The van der Waals surface area contributed by atoms with Crippen molar-refractivity contribution in [3.63, 3.8) is 0 Å². The van der Waals surface area contributed by atoms with E-state index in [2.05, 4.69) is 32.1 Å². The molecule has 0 atom stereocenters. The molecule has 0 bridgehead atoms. The minimum absolute atomic E-state index is 0.618. The fourth-order valence-corrected chi connectivity index (χ4v) is 4.19. The molecule has 5 rings (SSSR count). The summed E-state index contributed by atoms with van der Waals surface area (Å²) in [6.45, 7) is 6.29. The Kier molecular flexibility index (Phi) is 7.39. The van der Waals surface area contributed by atoms with Crippen molar-refractivity contribution in [1.82, 2.24) is 15.1 Å². The monoisotopic (exact) mass is 488 g/mol. The highest BCUT2D eigenvalue weighted by molar-refractivity contribution is 6.31. The highest BCUT2D eigenvalue weighted by Gasteiger charge is 2.23. The molecule has 0 spiro atoms. The average Bonchev–Trinajstić information content (AvgIpc) is 3.25. The van der Waals surface area contributed by atoms with E-state index < -0.39 is 11.9 Å². The van der Waals surface area contributed by atoms with Crippen LogP contribution in [-0.4, -0.2) is 83.2 Å². The van der Waals surface area contributed by atoms with Crippen LogP contribution in [0.25, 0.3) is 10.9 Å². The summed E-state index contributed by atoms with van der Waals surface area (Å²) < 4.78 is 11.6. The fourth-order valence-electron chi connectivity index (χ4n) is 4.02. The van der Waals surface area contributed by atoms with E-state index >= 15 is 0 Å². The van der Waals surface area contributed by atoms with Crippen molar-refractivity contribution in [3.05, 3.63) is 47.1 Å². The van der Waals surface area contributed by atoms with Gasteiger partial charge in [-0.3, -0.25) is 10.00 Å². The number of halogens is 1. The molecule has 0 amide bonds. The molecule has 2 aliphatic rings. The van der Waals surface area contributed by atoms with Crippen molar-refractivity contribution in [1.29, 1.82) is 0 Å². The second kappa shape index (κ2) is 10.6. The summed E-state index contributed by atoms with van der Waals surface area (Å²) in [5.41, 5.74) is 3.26. The second-order valence-corrected chi connectivity index (χ2v) is 8.29. The van der Waals surface area contributed by atoms with E-state index in [0.717, 1.165) is 72.3 Å². The number of aliphatic carboxylic acids is 2. The zero-order valence-corrected chi connectivity index (χ0v) is 19.1. The van der Waals surface area contributed by atoms with Gasteiger partial charge in [0.25, 0.3) is 0 Å². The fraction of sp³-hybridized carbons (Fsp3) is 0.348. The molecule has 2 aromatic carbocycles. The lowest BCUT2D eigenvalue weighted by Gasteiger charge is -2.37. The Morgan fingerprint density at radius 1 is 1.03 bits per heavy atom. The first kappa shape index (κ1) is 23.7. The second-order valence-electron chi connectivity index (χ2n) is 7.85. The number of nitrogens with one attached hydrogen (secondary N) is 1. The molecule has 10 nitrogen and oxygen atoms in total. The standard InChI is InChI=1S/C21H23ClN4O2.C2H2O4/c22-15-4-5-16-17(23-24-18(16)14-15)6-7-25-8-10-26(11-9-25)19-2-1-3-20-21(19)28-13-12-27-20;3-1(4)2(5)6/h1-5,14H,6-13H2,(H,23,24);(H,3,4)(H,5,6). The number of carboxylic acid groups (broad SMARTS) is 2. The van der Waals surface area contributed by atoms with Crippen LogP contribution in [0.5, 0.6) is 11.5 Å². The molecule has 1 saturated heterocycles. The van der Waals surface area contributed by atoms with Crippen LogP contribution in [0, 0.1) is 0 Å². The third-order valence-corrected chi connectivity index (χ3v) is 5.95. The zero-order chi connectivity index (χ0) is 24.1. The molecule has 0 radical (unpaired) electrons. The SMILES string of the molecule is Clc1ccc2c(CCN3CCN(c4cccc5c4OCCO5)CC3)[nH]nc2c1.O=C(O)C(=O)O. The van der Waals surface area contributed by atoms with Crippen LogP contribution in [0.4, 0.5) is 5.69 Å². The van der Waals surface area contributed by atoms with Crippen molar-refractivity contribution in [2.45, 2.75) is 6.42 Å². The molecule has 3 heterocycles. The van der Waals surface area contributed by atoms with Crippen LogP contribution in [0.1, 0.15) is 5.69 Å². The van der Waals surface area contributed by atoms with Crippen molar-refractivity contribution >= 4 is 40.1 Å². The summed E-state index contributed by atoms with van der Waals surface area (Å²) in [5, 5.41) is 24.2. The third-order valence-electron chi connectivity index (χ3n) is 5.72. The van der Waals surface area contributed by atoms with Crippen LogP contribution in [0.2, 0.25) is 5.02 Å². The number of fused-ring (bicyclic) bond motifs is 2. The van der Waals surface area contributed by atoms with Crippen molar-refractivity contribution in [2.75, 3.05) is 50.8 Å². The van der Waals surface area contributed by atoms with Gasteiger partial charge in [0.1, 0.15) is 13.2 Å². The summed E-state index contributed by atoms with van der Waals surface area (Å²) >= 11 is 6.05. The molecule has 2 aliphatic heterocycles. The lowest BCUT2D eigenvalue weighted by molar-refractivity contribution is -0.159. The first-order valence-electron chi connectivity index (χ1n) is 10.9. The predicted octanol–water partition coefficient (Wildman–Crippen LogP) is 2.51. The summed E-state index contributed by atoms with van der Waals surface area (Å²) in [6, 6.07) is 12.0. The molecular weight excluding hydrogens is 464 g/mol. The molecule has 11 heteroatoms. The number of para-hydroxylation sites is 1. The van der Waals surface area contributed by atoms with Crippen LogP contribution in [0.3, 0.4) is 0 Å². The van der Waals surface area contributed by atoms with Gasteiger partial charge in [-0.15, -0.1) is 0 Å². The molecule has 1 aromatic heterocycles.